The molecule has 1 aromatic carbocycles. The van der Waals surface area contributed by atoms with E-state index in [0.717, 1.165) is 49.2 Å². The number of aromatic nitrogens is 2. The summed E-state index contributed by atoms with van der Waals surface area (Å²) in [6, 6.07) is 10.5. The molecule has 0 radical (unpaired) electrons. The molecule has 8 heteroatoms. The molecule has 30 heavy (non-hydrogen) atoms. The van der Waals surface area contributed by atoms with Crippen LogP contribution in [0.3, 0.4) is 0 Å². The van der Waals surface area contributed by atoms with Gasteiger partial charge in [0.05, 0.1) is 11.4 Å². The van der Waals surface area contributed by atoms with Crippen molar-refractivity contribution in [1.29, 1.82) is 0 Å². The first-order valence-corrected chi connectivity index (χ1v) is 10.5. The number of aliphatic imine (C=N–C) groups is 1. The van der Waals surface area contributed by atoms with E-state index < -0.39 is 0 Å². The first-order valence-electron chi connectivity index (χ1n) is 10.5. The third-order valence-electron chi connectivity index (χ3n) is 5.43. The SMILES string of the molecule is CN=C(NCCN1CCCN(C)CC1)NCc1ccccc1-n1nc(C)cc1C.I. The van der Waals surface area contributed by atoms with Gasteiger partial charge in [0.25, 0.3) is 0 Å². The zero-order valence-electron chi connectivity index (χ0n) is 18.7. The van der Waals surface area contributed by atoms with Crippen LogP contribution in [0.2, 0.25) is 0 Å². The smallest absolute Gasteiger partial charge is 0.191 e. The third-order valence-corrected chi connectivity index (χ3v) is 5.43. The van der Waals surface area contributed by atoms with Gasteiger partial charge in [-0.2, -0.15) is 5.10 Å². The fourth-order valence-corrected chi connectivity index (χ4v) is 3.80. The van der Waals surface area contributed by atoms with E-state index in [9.17, 15) is 0 Å². The molecule has 0 bridgehead atoms. The summed E-state index contributed by atoms with van der Waals surface area (Å²) >= 11 is 0. The fraction of sp³-hybridized carbons (Fsp3) is 0.545. The third kappa shape index (κ3) is 6.95. The van der Waals surface area contributed by atoms with Gasteiger partial charge in [-0.1, -0.05) is 18.2 Å². The zero-order valence-corrected chi connectivity index (χ0v) is 21.0. The lowest BCUT2D eigenvalue weighted by atomic mass is 10.1. The second-order valence-electron chi connectivity index (χ2n) is 7.82. The fourth-order valence-electron chi connectivity index (χ4n) is 3.80. The van der Waals surface area contributed by atoms with Gasteiger partial charge in [-0.15, -0.1) is 24.0 Å². The molecule has 7 nitrogen and oxygen atoms in total. The number of guanidine groups is 1. The highest BCUT2D eigenvalue weighted by Crippen LogP contribution is 2.16. The summed E-state index contributed by atoms with van der Waals surface area (Å²) < 4.78 is 2.01. The summed E-state index contributed by atoms with van der Waals surface area (Å²) in [7, 11) is 4.03. The summed E-state index contributed by atoms with van der Waals surface area (Å²) in [6.07, 6.45) is 1.24. The van der Waals surface area contributed by atoms with Crippen LogP contribution in [-0.2, 0) is 6.54 Å². The number of hydrogen-bond acceptors (Lipinski definition) is 4. The van der Waals surface area contributed by atoms with E-state index in [1.165, 1.54) is 25.1 Å². The summed E-state index contributed by atoms with van der Waals surface area (Å²) in [5, 5.41) is 11.5. The molecule has 0 amide bonds. The summed E-state index contributed by atoms with van der Waals surface area (Å²) in [4.78, 5) is 9.33. The van der Waals surface area contributed by atoms with Crippen molar-refractivity contribution in [3.63, 3.8) is 0 Å². The first-order chi connectivity index (χ1) is 14.1. The van der Waals surface area contributed by atoms with Crippen LogP contribution < -0.4 is 10.6 Å². The van der Waals surface area contributed by atoms with Gasteiger partial charge in [0, 0.05) is 45.5 Å². The molecule has 1 aliphatic heterocycles. The van der Waals surface area contributed by atoms with Crippen molar-refractivity contribution in [2.45, 2.75) is 26.8 Å². The second-order valence-corrected chi connectivity index (χ2v) is 7.82. The predicted octanol–water partition coefficient (Wildman–Crippen LogP) is 2.41. The van der Waals surface area contributed by atoms with Gasteiger partial charge < -0.3 is 20.4 Å². The highest BCUT2D eigenvalue weighted by atomic mass is 127. The Morgan fingerprint density at radius 3 is 2.63 bits per heavy atom. The number of rotatable bonds is 6. The molecule has 166 valence electrons. The highest BCUT2D eigenvalue weighted by molar-refractivity contribution is 14.0. The van der Waals surface area contributed by atoms with E-state index in [2.05, 4.69) is 74.8 Å². The molecule has 1 aromatic heterocycles. The monoisotopic (exact) mass is 525 g/mol. The molecule has 0 spiro atoms. The summed E-state index contributed by atoms with van der Waals surface area (Å²) in [5.41, 5.74) is 4.47. The van der Waals surface area contributed by atoms with Gasteiger partial charge in [0.2, 0.25) is 0 Å². The Kier molecular flexibility index (Phi) is 10.1. The Hall–Kier alpha value is -1.65. The van der Waals surface area contributed by atoms with Crippen molar-refractivity contribution < 1.29 is 0 Å². The number of benzene rings is 1. The molecule has 0 unspecified atom stereocenters. The van der Waals surface area contributed by atoms with Crippen LogP contribution in [0.15, 0.2) is 35.3 Å². The minimum Gasteiger partial charge on any atom is -0.355 e. The van der Waals surface area contributed by atoms with Crippen molar-refractivity contribution in [2.24, 2.45) is 4.99 Å². The van der Waals surface area contributed by atoms with Gasteiger partial charge in [-0.05, 0) is 58.1 Å². The minimum absolute atomic E-state index is 0. The molecule has 2 heterocycles. The van der Waals surface area contributed by atoms with E-state index in [4.69, 9.17) is 0 Å². The number of para-hydroxylation sites is 1. The van der Waals surface area contributed by atoms with Crippen molar-refractivity contribution in [1.82, 2.24) is 30.2 Å². The zero-order chi connectivity index (χ0) is 20.6. The minimum atomic E-state index is 0. The Bertz CT molecular complexity index is 818. The van der Waals surface area contributed by atoms with Crippen molar-refractivity contribution in [3.05, 3.63) is 47.3 Å². The lowest BCUT2D eigenvalue weighted by Crippen LogP contribution is -2.42. The Balaban J connectivity index is 0.00000320. The van der Waals surface area contributed by atoms with E-state index in [1.807, 2.05) is 18.7 Å². The first kappa shape index (κ1) is 24.6. The number of halogens is 1. The summed E-state index contributed by atoms with van der Waals surface area (Å²) in [6.45, 7) is 11.4. The Labute approximate surface area is 197 Å². The van der Waals surface area contributed by atoms with E-state index >= 15 is 0 Å². The molecule has 1 aliphatic rings. The lowest BCUT2D eigenvalue weighted by molar-refractivity contribution is 0.280. The molecule has 3 rings (SSSR count). The van der Waals surface area contributed by atoms with Crippen molar-refractivity contribution >= 4 is 29.9 Å². The maximum Gasteiger partial charge on any atom is 0.191 e. The highest BCUT2D eigenvalue weighted by Gasteiger charge is 2.12. The molecule has 1 fully saturated rings. The number of nitrogens with one attached hydrogen (secondary N) is 2. The molecule has 0 atom stereocenters. The molecule has 2 N–H and O–H groups in total. The van der Waals surface area contributed by atoms with Crippen molar-refractivity contribution in [3.8, 4) is 5.69 Å². The average Bonchev–Trinajstić information content (AvgIpc) is 2.91. The van der Waals surface area contributed by atoms with Crippen LogP contribution in [0.5, 0.6) is 0 Å². The second kappa shape index (κ2) is 12.3. The number of nitrogens with zero attached hydrogens (tertiary/aromatic N) is 5. The average molecular weight is 525 g/mol. The van der Waals surface area contributed by atoms with Crippen LogP contribution in [0.1, 0.15) is 23.4 Å². The molecular formula is C22H36IN7. The Morgan fingerprint density at radius 2 is 1.90 bits per heavy atom. The van der Waals surface area contributed by atoms with Crippen LogP contribution in [0, 0.1) is 13.8 Å². The predicted molar refractivity (Wildman–Crippen MR) is 135 cm³/mol. The van der Waals surface area contributed by atoms with Crippen LogP contribution >= 0.6 is 24.0 Å². The van der Waals surface area contributed by atoms with E-state index in [-0.39, 0.29) is 24.0 Å². The molecule has 0 aliphatic carbocycles. The standard InChI is InChI=1S/C22H35N7.HI/c1-18-16-19(2)29(26-18)21-9-6-5-8-20(21)17-25-22(23-3)24-10-13-28-12-7-11-27(4)14-15-28;/h5-6,8-9,16H,7,10-15,17H2,1-4H3,(H2,23,24,25);1H. The van der Waals surface area contributed by atoms with Gasteiger partial charge in [0.1, 0.15) is 0 Å². The maximum atomic E-state index is 4.64. The number of hydrogen-bond donors (Lipinski definition) is 2. The van der Waals surface area contributed by atoms with Gasteiger partial charge in [-0.3, -0.25) is 4.99 Å². The van der Waals surface area contributed by atoms with Gasteiger partial charge >= 0.3 is 0 Å². The summed E-state index contributed by atoms with van der Waals surface area (Å²) in [5.74, 6) is 0.833. The maximum absolute atomic E-state index is 4.64. The van der Waals surface area contributed by atoms with Crippen LogP contribution in [0.4, 0.5) is 0 Å². The van der Waals surface area contributed by atoms with E-state index in [1.54, 1.807) is 0 Å². The number of aryl methyl sites for hydroxylation is 2. The van der Waals surface area contributed by atoms with Crippen LogP contribution in [-0.4, -0.2) is 78.9 Å². The molecule has 2 aromatic rings. The van der Waals surface area contributed by atoms with Gasteiger partial charge in [0.15, 0.2) is 5.96 Å². The van der Waals surface area contributed by atoms with Gasteiger partial charge in [-0.25, -0.2) is 4.68 Å². The Morgan fingerprint density at radius 1 is 1.10 bits per heavy atom. The quantitative estimate of drug-likeness (QED) is 0.345. The number of likely N-dealkylation sites (N-methyl/N-ethyl adjacent to an activating group) is 1. The molecule has 1 saturated heterocycles. The van der Waals surface area contributed by atoms with E-state index in [0.29, 0.717) is 6.54 Å². The normalized spacial score (nSPS) is 16.1. The topological polar surface area (TPSA) is 60.7 Å². The molecular weight excluding hydrogens is 489 g/mol. The van der Waals surface area contributed by atoms with Crippen molar-refractivity contribution in [2.75, 3.05) is 53.4 Å². The largest absolute Gasteiger partial charge is 0.355 e. The van der Waals surface area contributed by atoms with Crippen LogP contribution in [0.25, 0.3) is 5.69 Å². The lowest BCUT2D eigenvalue weighted by Gasteiger charge is -2.21. The molecule has 0 saturated carbocycles.